The third-order valence-electron chi connectivity index (χ3n) is 5.06. The summed E-state index contributed by atoms with van der Waals surface area (Å²) in [6.45, 7) is 11.0. The molecule has 1 atom stereocenters. The number of benzene rings is 1. The Morgan fingerprint density at radius 3 is 2.24 bits per heavy atom. The molecular formula is C21H35N3O4S. The fourth-order valence-electron chi connectivity index (χ4n) is 3.33. The molecule has 1 saturated heterocycles. The summed E-state index contributed by atoms with van der Waals surface area (Å²) in [5, 5.41) is 3.04. The average Bonchev–Trinajstić information content (AvgIpc) is 2.67. The maximum Gasteiger partial charge on any atom is 0.243 e. The first kappa shape index (κ1) is 23.6. The molecule has 1 fully saturated rings. The van der Waals surface area contributed by atoms with E-state index in [-0.39, 0.29) is 16.8 Å². The SMILES string of the molecule is CCOc1ccc(S(=O)(=O)N2CCN(CC(=O)N[C@H](C)CCC(C)C)CC2)cc1. The maximum absolute atomic E-state index is 12.8. The van der Waals surface area contributed by atoms with Crippen LogP contribution < -0.4 is 10.1 Å². The van der Waals surface area contributed by atoms with Crippen molar-refractivity contribution in [2.24, 2.45) is 5.92 Å². The Hall–Kier alpha value is -1.64. The normalized spacial score (nSPS) is 17.3. The van der Waals surface area contributed by atoms with E-state index in [1.807, 2.05) is 18.7 Å². The fraction of sp³-hybridized carbons (Fsp3) is 0.667. The molecule has 7 nitrogen and oxygen atoms in total. The van der Waals surface area contributed by atoms with Crippen molar-refractivity contribution in [2.45, 2.75) is 51.5 Å². The molecule has 1 aromatic rings. The highest BCUT2D eigenvalue weighted by Gasteiger charge is 2.29. The largest absolute Gasteiger partial charge is 0.494 e. The lowest BCUT2D eigenvalue weighted by atomic mass is 10.0. The molecule has 29 heavy (non-hydrogen) atoms. The minimum atomic E-state index is -3.53. The minimum Gasteiger partial charge on any atom is -0.494 e. The zero-order valence-electron chi connectivity index (χ0n) is 18.1. The smallest absolute Gasteiger partial charge is 0.243 e. The van der Waals surface area contributed by atoms with E-state index in [1.54, 1.807) is 24.3 Å². The second kappa shape index (κ2) is 10.9. The number of nitrogens with zero attached hydrogens (tertiary/aromatic N) is 2. The Morgan fingerprint density at radius 1 is 1.07 bits per heavy atom. The van der Waals surface area contributed by atoms with Gasteiger partial charge in [0, 0.05) is 32.2 Å². The summed E-state index contributed by atoms with van der Waals surface area (Å²) in [6.07, 6.45) is 2.06. The highest BCUT2D eigenvalue weighted by molar-refractivity contribution is 7.89. The van der Waals surface area contributed by atoms with Crippen molar-refractivity contribution in [2.75, 3.05) is 39.3 Å². The van der Waals surface area contributed by atoms with Gasteiger partial charge in [-0.3, -0.25) is 9.69 Å². The van der Waals surface area contributed by atoms with Gasteiger partial charge in [0.25, 0.3) is 0 Å². The Morgan fingerprint density at radius 2 is 1.69 bits per heavy atom. The van der Waals surface area contributed by atoms with E-state index in [2.05, 4.69) is 19.2 Å². The van der Waals surface area contributed by atoms with Crippen molar-refractivity contribution < 1.29 is 17.9 Å². The summed E-state index contributed by atoms with van der Waals surface area (Å²) in [5.74, 6) is 1.29. The van der Waals surface area contributed by atoms with Gasteiger partial charge in [-0.05, 0) is 56.9 Å². The Kier molecular flexibility index (Phi) is 8.92. The number of amides is 1. The van der Waals surface area contributed by atoms with Crippen LogP contribution in [0, 0.1) is 5.92 Å². The van der Waals surface area contributed by atoms with Crippen molar-refractivity contribution >= 4 is 15.9 Å². The topological polar surface area (TPSA) is 79.0 Å². The zero-order chi connectivity index (χ0) is 21.4. The number of rotatable bonds is 10. The first-order chi connectivity index (χ1) is 13.7. The summed E-state index contributed by atoms with van der Waals surface area (Å²) in [7, 11) is -3.53. The highest BCUT2D eigenvalue weighted by atomic mass is 32.2. The van der Waals surface area contributed by atoms with Crippen LogP contribution in [0.1, 0.15) is 40.5 Å². The third kappa shape index (κ3) is 7.28. The first-order valence-electron chi connectivity index (χ1n) is 10.5. The zero-order valence-corrected chi connectivity index (χ0v) is 18.9. The van der Waals surface area contributed by atoms with Gasteiger partial charge >= 0.3 is 0 Å². The van der Waals surface area contributed by atoms with Gasteiger partial charge < -0.3 is 10.1 Å². The second-order valence-corrected chi connectivity index (χ2v) is 9.96. The van der Waals surface area contributed by atoms with Crippen molar-refractivity contribution in [1.29, 1.82) is 0 Å². The number of carbonyl (C=O) groups is 1. The lowest BCUT2D eigenvalue weighted by Crippen LogP contribution is -2.51. The standard InChI is InChI=1S/C21H35N3O4S/c1-5-28-19-8-10-20(11-9-19)29(26,27)24-14-12-23(13-15-24)16-21(25)22-18(4)7-6-17(2)3/h8-11,17-18H,5-7,12-16H2,1-4H3,(H,22,25)/t18-/m1/s1. The molecule has 1 aliphatic heterocycles. The van der Waals surface area contributed by atoms with Crippen LogP contribution >= 0.6 is 0 Å². The van der Waals surface area contributed by atoms with Crippen molar-refractivity contribution in [3.05, 3.63) is 24.3 Å². The van der Waals surface area contributed by atoms with Gasteiger partial charge in [0.15, 0.2) is 0 Å². The molecule has 1 heterocycles. The van der Waals surface area contributed by atoms with E-state index in [1.165, 1.54) is 4.31 Å². The molecule has 1 N–H and O–H groups in total. The van der Waals surface area contributed by atoms with E-state index in [9.17, 15) is 13.2 Å². The summed E-state index contributed by atoms with van der Waals surface area (Å²) in [6, 6.07) is 6.68. The van der Waals surface area contributed by atoms with Crippen LogP contribution in [0.4, 0.5) is 0 Å². The first-order valence-corrected chi connectivity index (χ1v) is 11.9. The molecule has 0 bridgehead atoms. The number of ether oxygens (including phenoxy) is 1. The molecule has 0 aliphatic carbocycles. The average molecular weight is 426 g/mol. The van der Waals surface area contributed by atoms with E-state index in [0.29, 0.717) is 51.0 Å². The number of hydrogen-bond acceptors (Lipinski definition) is 5. The summed E-state index contributed by atoms with van der Waals surface area (Å²) < 4.78 is 32.5. The summed E-state index contributed by atoms with van der Waals surface area (Å²) in [5.41, 5.74) is 0. The van der Waals surface area contributed by atoms with Gasteiger partial charge in [-0.15, -0.1) is 0 Å². The molecular weight excluding hydrogens is 390 g/mol. The predicted octanol–water partition coefficient (Wildman–Crippen LogP) is 2.33. The summed E-state index contributed by atoms with van der Waals surface area (Å²) in [4.78, 5) is 14.5. The summed E-state index contributed by atoms with van der Waals surface area (Å²) >= 11 is 0. The van der Waals surface area contributed by atoms with Crippen molar-refractivity contribution in [1.82, 2.24) is 14.5 Å². The van der Waals surface area contributed by atoms with E-state index in [4.69, 9.17) is 4.74 Å². The number of sulfonamides is 1. The molecule has 0 spiro atoms. The van der Waals surface area contributed by atoms with Gasteiger partial charge in [0.2, 0.25) is 15.9 Å². The quantitative estimate of drug-likeness (QED) is 0.622. The lowest BCUT2D eigenvalue weighted by molar-refractivity contribution is -0.123. The molecule has 0 unspecified atom stereocenters. The molecule has 0 saturated carbocycles. The van der Waals surface area contributed by atoms with E-state index >= 15 is 0 Å². The second-order valence-electron chi connectivity index (χ2n) is 8.02. The molecule has 1 aromatic carbocycles. The molecule has 0 aromatic heterocycles. The number of piperazine rings is 1. The minimum absolute atomic E-state index is 0.00377. The van der Waals surface area contributed by atoms with Crippen molar-refractivity contribution in [3.8, 4) is 5.75 Å². The Balaban J connectivity index is 1.82. The van der Waals surface area contributed by atoms with Crippen LogP contribution in [0.25, 0.3) is 0 Å². The van der Waals surface area contributed by atoms with Crippen LogP contribution in [-0.2, 0) is 14.8 Å². The van der Waals surface area contributed by atoms with Gasteiger partial charge in [0.05, 0.1) is 18.0 Å². The van der Waals surface area contributed by atoms with Crippen LogP contribution in [0.2, 0.25) is 0 Å². The van der Waals surface area contributed by atoms with Crippen molar-refractivity contribution in [3.63, 3.8) is 0 Å². The molecule has 164 valence electrons. The van der Waals surface area contributed by atoms with E-state index < -0.39 is 10.0 Å². The lowest BCUT2D eigenvalue weighted by Gasteiger charge is -2.33. The van der Waals surface area contributed by atoms with Gasteiger partial charge in [-0.1, -0.05) is 13.8 Å². The van der Waals surface area contributed by atoms with Gasteiger partial charge in [-0.2, -0.15) is 4.31 Å². The maximum atomic E-state index is 12.8. The Bertz CT molecular complexity index is 742. The third-order valence-corrected chi connectivity index (χ3v) is 6.97. The van der Waals surface area contributed by atoms with Crippen LogP contribution in [-0.4, -0.2) is 68.9 Å². The molecule has 2 rings (SSSR count). The fourth-order valence-corrected chi connectivity index (χ4v) is 4.75. The monoisotopic (exact) mass is 425 g/mol. The molecule has 0 radical (unpaired) electrons. The number of hydrogen-bond donors (Lipinski definition) is 1. The van der Waals surface area contributed by atoms with E-state index in [0.717, 1.165) is 12.8 Å². The van der Waals surface area contributed by atoms with Crippen LogP contribution in [0.3, 0.4) is 0 Å². The highest BCUT2D eigenvalue weighted by Crippen LogP contribution is 2.21. The molecule has 1 aliphatic rings. The predicted molar refractivity (Wildman–Crippen MR) is 114 cm³/mol. The Labute approximate surface area is 175 Å². The molecule has 8 heteroatoms. The van der Waals surface area contributed by atoms with Crippen LogP contribution in [0.15, 0.2) is 29.2 Å². The number of carbonyl (C=O) groups excluding carboxylic acids is 1. The number of nitrogens with one attached hydrogen (secondary N) is 1. The van der Waals surface area contributed by atoms with Gasteiger partial charge in [0.1, 0.15) is 5.75 Å². The van der Waals surface area contributed by atoms with Gasteiger partial charge in [-0.25, -0.2) is 8.42 Å². The van der Waals surface area contributed by atoms with Crippen LogP contribution in [0.5, 0.6) is 5.75 Å². The molecule has 1 amide bonds.